The summed E-state index contributed by atoms with van der Waals surface area (Å²) in [5.41, 5.74) is 1.00. The van der Waals surface area contributed by atoms with Gasteiger partial charge in [0.1, 0.15) is 5.69 Å². The highest BCUT2D eigenvalue weighted by atomic mass is 32.2. The van der Waals surface area contributed by atoms with Gasteiger partial charge in [-0.2, -0.15) is 5.26 Å². The lowest BCUT2D eigenvalue weighted by molar-refractivity contribution is -0.119. The number of hydrogen-bond acceptors (Lipinski definition) is 6. The summed E-state index contributed by atoms with van der Waals surface area (Å²) in [7, 11) is 0. The minimum atomic E-state index is -0.727. The first-order valence-electron chi connectivity index (χ1n) is 7.26. The Morgan fingerprint density at radius 3 is 2.76 bits per heavy atom. The second kappa shape index (κ2) is 8.70. The topological polar surface area (TPSA) is 112 Å². The van der Waals surface area contributed by atoms with Gasteiger partial charge in [-0.1, -0.05) is 12.1 Å². The van der Waals surface area contributed by atoms with Crippen LogP contribution in [0.4, 0.5) is 5.69 Å². The van der Waals surface area contributed by atoms with Gasteiger partial charge in [-0.25, -0.2) is 4.79 Å². The molecule has 128 valence electrons. The highest BCUT2D eigenvalue weighted by molar-refractivity contribution is 7.99. The van der Waals surface area contributed by atoms with Crippen LogP contribution in [0.5, 0.6) is 0 Å². The highest BCUT2D eigenvalue weighted by Gasteiger charge is 2.14. The van der Waals surface area contributed by atoms with Crippen molar-refractivity contribution in [2.75, 3.05) is 17.7 Å². The van der Waals surface area contributed by atoms with Crippen molar-refractivity contribution in [2.45, 2.75) is 11.8 Å². The number of rotatable bonds is 7. The molecule has 2 N–H and O–H groups in total. The molecular weight excluding hydrogens is 342 g/mol. The molecule has 0 fully saturated rings. The second-order valence-electron chi connectivity index (χ2n) is 4.93. The monoisotopic (exact) mass is 357 g/mol. The van der Waals surface area contributed by atoms with Crippen molar-refractivity contribution < 1.29 is 19.1 Å². The van der Waals surface area contributed by atoms with Gasteiger partial charge in [0.15, 0.2) is 12.4 Å². The van der Waals surface area contributed by atoms with E-state index in [4.69, 9.17) is 10.00 Å². The Balaban J connectivity index is 1.91. The van der Waals surface area contributed by atoms with Gasteiger partial charge in [0.05, 0.1) is 17.5 Å². The van der Waals surface area contributed by atoms with Gasteiger partial charge in [-0.3, -0.25) is 9.59 Å². The van der Waals surface area contributed by atoms with Gasteiger partial charge in [-0.05, 0) is 25.1 Å². The van der Waals surface area contributed by atoms with Gasteiger partial charge in [-0.15, -0.1) is 11.8 Å². The number of hydrogen-bond donors (Lipinski definition) is 2. The highest BCUT2D eigenvalue weighted by Crippen LogP contribution is 2.26. The lowest BCUT2D eigenvalue weighted by Crippen LogP contribution is -2.21. The molecule has 0 atom stereocenters. The van der Waals surface area contributed by atoms with Crippen molar-refractivity contribution in [3.63, 3.8) is 0 Å². The molecule has 2 aromatic rings. The molecule has 7 nitrogen and oxygen atoms in total. The number of Topliss-reactive ketones (excluding diaryl/α,β-unsaturated/α-hetero) is 1. The number of ether oxygens (including phenoxy) is 1. The quantitative estimate of drug-likeness (QED) is 0.447. The molecule has 0 aliphatic heterocycles. The molecule has 0 aliphatic carbocycles. The number of nitrogens with one attached hydrogen (secondary N) is 2. The molecule has 8 heteroatoms. The van der Waals surface area contributed by atoms with Crippen LogP contribution in [0.2, 0.25) is 0 Å². The van der Waals surface area contributed by atoms with Crippen molar-refractivity contribution in [1.29, 1.82) is 5.26 Å². The Morgan fingerprint density at radius 2 is 2.08 bits per heavy atom. The van der Waals surface area contributed by atoms with E-state index in [1.807, 2.05) is 6.07 Å². The molecule has 0 bridgehead atoms. The fraction of sp³-hybridized carbons (Fsp3) is 0.176. The van der Waals surface area contributed by atoms with E-state index < -0.39 is 18.5 Å². The summed E-state index contributed by atoms with van der Waals surface area (Å²) < 4.78 is 4.92. The molecule has 1 amide bonds. The third-order valence-electron chi connectivity index (χ3n) is 3.10. The molecule has 0 radical (unpaired) electrons. The van der Waals surface area contributed by atoms with Crippen LogP contribution in [0.1, 0.15) is 27.8 Å². The van der Waals surface area contributed by atoms with Gasteiger partial charge < -0.3 is 15.0 Å². The van der Waals surface area contributed by atoms with Crippen LogP contribution < -0.4 is 5.32 Å². The van der Waals surface area contributed by atoms with E-state index >= 15 is 0 Å². The Kier molecular flexibility index (Phi) is 6.37. The maximum Gasteiger partial charge on any atom is 0.355 e. The van der Waals surface area contributed by atoms with Gasteiger partial charge >= 0.3 is 5.97 Å². The van der Waals surface area contributed by atoms with Crippen LogP contribution in [0.3, 0.4) is 0 Å². The number of H-pyrrole nitrogens is 1. The summed E-state index contributed by atoms with van der Waals surface area (Å²) >= 11 is 1.30. The SMILES string of the molecule is CC(=O)c1c[nH]c(C(=O)OCC(=O)Nc2ccccc2SCC#N)c1. The number of para-hydroxylation sites is 1. The zero-order valence-electron chi connectivity index (χ0n) is 13.4. The van der Waals surface area contributed by atoms with Crippen LogP contribution in [-0.4, -0.2) is 35.0 Å². The number of carbonyl (C=O) groups excluding carboxylic acids is 3. The molecule has 0 saturated carbocycles. The zero-order valence-corrected chi connectivity index (χ0v) is 14.2. The maximum absolute atomic E-state index is 12.0. The largest absolute Gasteiger partial charge is 0.451 e. The molecular formula is C17H15N3O4S. The number of carbonyl (C=O) groups is 3. The first-order chi connectivity index (χ1) is 12.0. The third-order valence-corrected chi connectivity index (χ3v) is 4.04. The number of esters is 1. The predicted octanol–water partition coefficient (Wildman–Crippen LogP) is 2.63. The van der Waals surface area contributed by atoms with E-state index in [0.717, 1.165) is 4.90 Å². The third kappa shape index (κ3) is 5.22. The Bertz CT molecular complexity index is 838. The Morgan fingerprint density at radius 1 is 1.32 bits per heavy atom. The molecule has 0 unspecified atom stereocenters. The first-order valence-corrected chi connectivity index (χ1v) is 8.25. The van der Waals surface area contributed by atoms with Gasteiger partial charge in [0.2, 0.25) is 0 Å². The molecule has 1 aromatic carbocycles. The number of ketones is 1. The molecule has 1 heterocycles. The Hall–Kier alpha value is -3.05. The molecule has 25 heavy (non-hydrogen) atoms. The number of thioether (sulfide) groups is 1. The molecule has 0 aliphatic rings. The van der Waals surface area contributed by atoms with Gasteiger partial charge in [0.25, 0.3) is 5.91 Å². The zero-order chi connectivity index (χ0) is 18.2. The number of nitrogens with zero attached hydrogens (tertiary/aromatic N) is 1. The second-order valence-corrected chi connectivity index (χ2v) is 5.94. The average Bonchev–Trinajstić information content (AvgIpc) is 3.09. The van der Waals surface area contributed by atoms with Crippen molar-refractivity contribution >= 4 is 35.1 Å². The van der Waals surface area contributed by atoms with E-state index in [2.05, 4.69) is 10.3 Å². The standard InChI is InChI=1S/C17H15N3O4S/c1-11(21)12-8-14(19-9-12)17(23)24-10-16(22)20-13-4-2-3-5-15(13)25-7-6-18/h2-5,8-9,19H,7,10H2,1H3,(H,20,22). The number of nitriles is 1. The average molecular weight is 357 g/mol. The van der Waals surface area contributed by atoms with E-state index in [1.165, 1.54) is 30.9 Å². The lowest BCUT2D eigenvalue weighted by atomic mass is 10.2. The number of amides is 1. The first kappa shape index (κ1) is 18.3. The summed E-state index contributed by atoms with van der Waals surface area (Å²) in [6.45, 7) is 0.915. The lowest BCUT2D eigenvalue weighted by Gasteiger charge is -2.09. The van der Waals surface area contributed by atoms with Crippen LogP contribution >= 0.6 is 11.8 Å². The number of anilines is 1. The fourth-order valence-corrected chi connectivity index (χ4v) is 2.59. The normalized spacial score (nSPS) is 9.92. The maximum atomic E-state index is 12.0. The molecule has 0 spiro atoms. The number of aromatic nitrogens is 1. The van der Waals surface area contributed by atoms with E-state index in [0.29, 0.717) is 11.3 Å². The minimum Gasteiger partial charge on any atom is -0.451 e. The summed E-state index contributed by atoms with van der Waals surface area (Å²) in [5, 5.41) is 11.3. The smallest absolute Gasteiger partial charge is 0.355 e. The van der Waals surface area contributed by atoms with Crippen molar-refractivity contribution in [3.8, 4) is 6.07 Å². The predicted molar refractivity (Wildman–Crippen MR) is 92.5 cm³/mol. The minimum absolute atomic E-state index is 0.1000. The van der Waals surface area contributed by atoms with E-state index in [1.54, 1.807) is 24.3 Å². The summed E-state index contributed by atoms with van der Waals surface area (Å²) in [5.74, 6) is -1.15. The van der Waals surface area contributed by atoms with Crippen molar-refractivity contribution in [2.24, 2.45) is 0 Å². The Labute approximate surface area is 148 Å². The van der Waals surface area contributed by atoms with Crippen LogP contribution in [0.25, 0.3) is 0 Å². The molecule has 2 rings (SSSR count). The van der Waals surface area contributed by atoms with Crippen molar-refractivity contribution in [3.05, 3.63) is 47.8 Å². The summed E-state index contributed by atoms with van der Waals surface area (Å²) in [4.78, 5) is 38.4. The number of benzene rings is 1. The molecule has 1 aromatic heterocycles. The van der Waals surface area contributed by atoms with Gasteiger partial charge in [0, 0.05) is 16.7 Å². The summed E-state index contributed by atoms with van der Waals surface area (Å²) in [6.07, 6.45) is 1.40. The van der Waals surface area contributed by atoms with E-state index in [-0.39, 0.29) is 17.2 Å². The fourth-order valence-electron chi connectivity index (χ4n) is 1.92. The van der Waals surface area contributed by atoms with Crippen LogP contribution in [0.15, 0.2) is 41.4 Å². The summed E-state index contributed by atoms with van der Waals surface area (Å²) in [6, 6.07) is 10.4. The van der Waals surface area contributed by atoms with Crippen LogP contribution in [0, 0.1) is 11.3 Å². The van der Waals surface area contributed by atoms with Crippen LogP contribution in [-0.2, 0) is 9.53 Å². The van der Waals surface area contributed by atoms with Crippen molar-refractivity contribution in [1.82, 2.24) is 4.98 Å². The molecule has 0 saturated heterocycles. The number of aromatic amines is 1. The van der Waals surface area contributed by atoms with E-state index in [9.17, 15) is 14.4 Å².